The van der Waals surface area contributed by atoms with Crippen LogP contribution in [0.5, 0.6) is 0 Å². The summed E-state index contributed by atoms with van der Waals surface area (Å²) in [5.41, 5.74) is 3.22. The number of nitrogens with one attached hydrogen (secondary N) is 3. The number of rotatable bonds is 6. The van der Waals surface area contributed by atoms with Gasteiger partial charge in [0.2, 0.25) is 0 Å². The third-order valence-corrected chi connectivity index (χ3v) is 4.63. The normalized spacial score (nSPS) is 14.6. The molecule has 3 N–H and O–H groups in total. The van der Waals surface area contributed by atoms with E-state index in [0.29, 0.717) is 37.6 Å². The van der Waals surface area contributed by atoms with Crippen LogP contribution in [0.4, 0.5) is 5.69 Å². The molecule has 1 aliphatic rings. The van der Waals surface area contributed by atoms with Crippen LogP contribution in [0.3, 0.4) is 0 Å². The number of aryl methyl sites for hydroxylation is 1. The summed E-state index contributed by atoms with van der Waals surface area (Å²) >= 11 is 0. The predicted molar refractivity (Wildman–Crippen MR) is 104 cm³/mol. The number of morpholine rings is 1. The van der Waals surface area contributed by atoms with Gasteiger partial charge in [0.25, 0.3) is 11.8 Å². The molecule has 0 aliphatic carbocycles. The lowest BCUT2D eigenvalue weighted by Gasteiger charge is -2.23. The van der Waals surface area contributed by atoms with Gasteiger partial charge >= 0.3 is 0 Å². The van der Waals surface area contributed by atoms with E-state index in [-0.39, 0.29) is 11.8 Å². The van der Waals surface area contributed by atoms with Gasteiger partial charge < -0.3 is 20.3 Å². The maximum atomic E-state index is 12.6. The molecular formula is C21H26N3O3+. The van der Waals surface area contributed by atoms with Gasteiger partial charge in [-0.2, -0.15) is 0 Å². The minimum Gasteiger partial charge on any atom is -0.370 e. The van der Waals surface area contributed by atoms with Gasteiger partial charge in [0, 0.05) is 6.54 Å². The number of benzene rings is 2. The van der Waals surface area contributed by atoms with E-state index in [9.17, 15) is 9.59 Å². The molecule has 0 unspecified atom stereocenters. The molecule has 0 radical (unpaired) electrons. The first-order chi connectivity index (χ1) is 13.1. The van der Waals surface area contributed by atoms with E-state index in [1.165, 1.54) is 10.5 Å². The monoisotopic (exact) mass is 368 g/mol. The number of hydrogen-bond acceptors (Lipinski definition) is 3. The van der Waals surface area contributed by atoms with Crippen LogP contribution in [0, 0.1) is 6.92 Å². The van der Waals surface area contributed by atoms with Crippen LogP contribution in [0.1, 0.15) is 21.5 Å². The van der Waals surface area contributed by atoms with Crippen molar-refractivity contribution in [2.24, 2.45) is 0 Å². The number of carbonyl (C=O) groups is 2. The summed E-state index contributed by atoms with van der Waals surface area (Å²) in [5, 5.41) is 5.80. The summed E-state index contributed by atoms with van der Waals surface area (Å²) < 4.78 is 5.31. The highest BCUT2D eigenvalue weighted by molar-refractivity contribution is 6.03. The van der Waals surface area contributed by atoms with Gasteiger partial charge in [-0.15, -0.1) is 0 Å². The van der Waals surface area contributed by atoms with Crippen molar-refractivity contribution in [2.75, 3.05) is 38.2 Å². The second-order valence-corrected chi connectivity index (χ2v) is 6.80. The quantitative estimate of drug-likeness (QED) is 0.706. The molecule has 1 heterocycles. The molecule has 142 valence electrons. The number of quaternary nitrogens is 1. The second-order valence-electron chi connectivity index (χ2n) is 6.80. The Hall–Kier alpha value is -2.70. The van der Waals surface area contributed by atoms with Crippen molar-refractivity contribution < 1.29 is 19.2 Å². The average molecular weight is 368 g/mol. The fraction of sp³-hybridized carbons (Fsp3) is 0.333. The highest BCUT2D eigenvalue weighted by atomic mass is 16.5. The van der Waals surface area contributed by atoms with Gasteiger partial charge in [-0.25, -0.2) is 0 Å². The zero-order chi connectivity index (χ0) is 19.1. The third-order valence-electron chi connectivity index (χ3n) is 4.63. The first kappa shape index (κ1) is 19.1. The van der Waals surface area contributed by atoms with E-state index in [4.69, 9.17) is 4.74 Å². The van der Waals surface area contributed by atoms with E-state index in [0.717, 1.165) is 18.7 Å². The first-order valence-electron chi connectivity index (χ1n) is 9.26. The molecule has 0 bridgehead atoms. The lowest BCUT2D eigenvalue weighted by atomic mass is 10.1. The molecule has 1 aliphatic heterocycles. The van der Waals surface area contributed by atoms with Gasteiger partial charge in [-0.1, -0.05) is 42.0 Å². The van der Waals surface area contributed by atoms with E-state index in [1.54, 1.807) is 18.2 Å². The topological polar surface area (TPSA) is 71.9 Å². The Morgan fingerprint density at radius 1 is 1.04 bits per heavy atom. The number of hydrogen-bond donors (Lipinski definition) is 3. The zero-order valence-electron chi connectivity index (χ0n) is 15.6. The Labute approximate surface area is 159 Å². The van der Waals surface area contributed by atoms with E-state index >= 15 is 0 Å². The van der Waals surface area contributed by atoms with Crippen LogP contribution in [0.25, 0.3) is 0 Å². The molecule has 27 heavy (non-hydrogen) atoms. The summed E-state index contributed by atoms with van der Waals surface area (Å²) in [5.74, 6) is -0.295. The Bertz CT molecular complexity index is 784. The van der Waals surface area contributed by atoms with Crippen LogP contribution in [-0.4, -0.2) is 44.7 Å². The van der Waals surface area contributed by atoms with Crippen molar-refractivity contribution in [2.45, 2.75) is 13.5 Å². The van der Waals surface area contributed by atoms with Gasteiger partial charge in [-0.05, 0) is 24.6 Å². The SMILES string of the molecule is Cc1ccc(CNC(=O)c2ccccc2NC(=O)C[NH+]2CCOCC2)cc1. The minimum atomic E-state index is -0.204. The standard InChI is InChI=1S/C21H25N3O3/c1-16-6-8-17(9-7-16)14-22-21(26)18-4-2-3-5-19(18)23-20(25)15-24-10-12-27-13-11-24/h2-9H,10-15H2,1H3,(H,22,26)(H,23,25)/p+1. The zero-order valence-corrected chi connectivity index (χ0v) is 15.6. The molecule has 1 saturated heterocycles. The highest BCUT2D eigenvalue weighted by Crippen LogP contribution is 2.15. The smallest absolute Gasteiger partial charge is 0.279 e. The molecular weight excluding hydrogens is 342 g/mol. The van der Waals surface area contributed by atoms with Crippen molar-refractivity contribution in [1.29, 1.82) is 0 Å². The minimum absolute atomic E-state index is 0.0920. The van der Waals surface area contributed by atoms with E-state index < -0.39 is 0 Å². The summed E-state index contributed by atoms with van der Waals surface area (Å²) in [6, 6.07) is 15.1. The van der Waals surface area contributed by atoms with Crippen molar-refractivity contribution in [3.63, 3.8) is 0 Å². The van der Waals surface area contributed by atoms with Crippen molar-refractivity contribution >= 4 is 17.5 Å². The lowest BCUT2D eigenvalue weighted by molar-refractivity contribution is -0.899. The molecule has 2 aromatic rings. The average Bonchev–Trinajstić information content (AvgIpc) is 2.68. The fourth-order valence-electron chi connectivity index (χ4n) is 3.03. The number of amides is 2. The molecule has 1 fully saturated rings. The number of carbonyl (C=O) groups excluding carboxylic acids is 2. The molecule has 0 aromatic heterocycles. The predicted octanol–water partition coefficient (Wildman–Crippen LogP) is 0.779. The summed E-state index contributed by atoms with van der Waals surface area (Å²) in [6.07, 6.45) is 0. The van der Waals surface area contributed by atoms with Crippen molar-refractivity contribution in [3.8, 4) is 0 Å². The van der Waals surface area contributed by atoms with Crippen molar-refractivity contribution in [1.82, 2.24) is 5.32 Å². The lowest BCUT2D eigenvalue weighted by Crippen LogP contribution is -3.15. The van der Waals surface area contributed by atoms with Gasteiger partial charge in [0.1, 0.15) is 13.1 Å². The van der Waals surface area contributed by atoms with Gasteiger partial charge in [0.05, 0.1) is 24.5 Å². The number of anilines is 1. The van der Waals surface area contributed by atoms with Crippen LogP contribution in [0.2, 0.25) is 0 Å². The molecule has 2 aromatic carbocycles. The molecule has 0 saturated carbocycles. The van der Waals surface area contributed by atoms with Crippen LogP contribution in [-0.2, 0) is 16.1 Å². The molecule has 3 rings (SSSR count). The Morgan fingerprint density at radius 2 is 1.74 bits per heavy atom. The summed E-state index contributed by atoms with van der Waals surface area (Å²) in [4.78, 5) is 26.1. The molecule has 6 nitrogen and oxygen atoms in total. The van der Waals surface area contributed by atoms with Crippen LogP contribution < -0.4 is 15.5 Å². The van der Waals surface area contributed by atoms with Gasteiger partial charge in [-0.3, -0.25) is 9.59 Å². The highest BCUT2D eigenvalue weighted by Gasteiger charge is 2.19. The summed E-state index contributed by atoms with van der Waals surface area (Å²) in [7, 11) is 0. The number of ether oxygens (including phenoxy) is 1. The second kappa shape index (κ2) is 9.30. The summed E-state index contributed by atoms with van der Waals surface area (Å²) in [6.45, 7) is 5.86. The maximum Gasteiger partial charge on any atom is 0.279 e. The first-order valence-corrected chi connectivity index (χ1v) is 9.26. The molecule has 0 atom stereocenters. The van der Waals surface area contributed by atoms with E-state index in [1.807, 2.05) is 37.3 Å². The Morgan fingerprint density at radius 3 is 2.48 bits per heavy atom. The largest absolute Gasteiger partial charge is 0.370 e. The van der Waals surface area contributed by atoms with Crippen molar-refractivity contribution in [3.05, 3.63) is 65.2 Å². The third kappa shape index (κ3) is 5.64. The van der Waals surface area contributed by atoms with Gasteiger partial charge in [0.15, 0.2) is 6.54 Å². The molecule has 2 amide bonds. The maximum absolute atomic E-state index is 12.6. The Balaban J connectivity index is 1.59. The van der Waals surface area contributed by atoms with E-state index in [2.05, 4.69) is 10.6 Å². The molecule has 6 heteroatoms. The Kier molecular flexibility index (Phi) is 6.57. The van der Waals surface area contributed by atoms with Crippen LogP contribution in [0.15, 0.2) is 48.5 Å². The fourth-order valence-corrected chi connectivity index (χ4v) is 3.03. The molecule has 0 spiro atoms. The van der Waals surface area contributed by atoms with Crippen LogP contribution >= 0.6 is 0 Å². The number of para-hydroxylation sites is 1.